The number of hydrogen-bond acceptors (Lipinski definition) is 4. The van der Waals surface area contributed by atoms with Crippen LogP contribution in [0.25, 0.3) is 0 Å². The molecule has 0 aromatic carbocycles. The Morgan fingerprint density at radius 3 is 2.81 bits per heavy atom. The molecule has 2 saturated heterocycles. The monoisotopic (exact) mass is 291 g/mol. The van der Waals surface area contributed by atoms with Crippen molar-refractivity contribution in [1.29, 1.82) is 0 Å². The topological polar surface area (TPSA) is 49.6 Å². The summed E-state index contributed by atoms with van der Waals surface area (Å²) in [4.78, 5) is 16.7. The van der Waals surface area contributed by atoms with Gasteiger partial charge in [0.25, 0.3) is 0 Å². The molecule has 2 aliphatic heterocycles. The Morgan fingerprint density at radius 1 is 1.33 bits per heavy atom. The summed E-state index contributed by atoms with van der Waals surface area (Å²) < 4.78 is 5.17. The number of aryl methyl sites for hydroxylation is 1. The van der Waals surface area contributed by atoms with Crippen molar-refractivity contribution in [1.82, 2.24) is 15.0 Å². The van der Waals surface area contributed by atoms with E-state index in [1.165, 1.54) is 12.8 Å². The van der Waals surface area contributed by atoms with Crippen molar-refractivity contribution in [3.8, 4) is 0 Å². The van der Waals surface area contributed by atoms with Crippen LogP contribution in [0.1, 0.15) is 50.5 Å². The lowest BCUT2D eigenvalue weighted by molar-refractivity contribution is -0.132. The predicted octanol–water partition coefficient (Wildman–Crippen LogP) is 2.35. The van der Waals surface area contributed by atoms with E-state index in [2.05, 4.69) is 15.0 Å². The minimum atomic E-state index is 0.307. The molecule has 1 aromatic heterocycles. The maximum Gasteiger partial charge on any atom is 0.222 e. The first-order valence-corrected chi connectivity index (χ1v) is 8.14. The fourth-order valence-corrected chi connectivity index (χ4v) is 3.89. The van der Waals surface area contributed by atoms with Crippen LogP contribution in [0.2, 0.25) is 0 Å². The van der Waals surface area contributed by atoms with Gasteiger partial charge in [-0.15, -0.1) is 0 Å². The number of aromatic nitrogens is 1. The van der Waals surface area contributed by atoms with Gasteiger partial charge in [0.15, 0.2) is 0 Å². The zero-order chi connectivity index (χ0) is 14.8. The predicted molar refractivity (Wildman–Crippen MR) is 79.7 cm³/mol. The molecule has 0 spiro atoms. The Balaban J connectivity index is 1.69. The fourth-order valence-electron chi connectivity index (χ4n) is 3.89. The summed E-state index contributed by atoms with van der Waals surface area (Å²) in [6.45, 7) is 6.76. The van der Waals surface area contributed by atoms with Gasteiger partial charge in [-0.3, -0.25) is 9.69 Å². The largest absolute Gasteiger partial charge is 0.361 e. The molecule has 0 unspecified atom stereocenters. The van der Waals surface area contributed by atoms with Crippen molar-refractivity contribution in [2.24, 2.45) is 0 Å². The van der Waals surface area contributed by atoms with Crippen LogP contribution in [0.5, 0.6) is 0 Å². The van der Waals surface area contributed by atoms with Gasteiger partial charge in [0.05, 0.1) is 5.69 Å². The van der Waals surface area contributed by atoms with Crippen LogP contribution in [-0.4, -0.2) is 46.0 Å². The van der Waals surface area contributed by atoms with Crippen LogP contribution in [0.15, 0.2) is 10.6 Å². The van der Waals surface area contributed by atoms with Gasteiger partial charge in [-0.2, -0.15) is 0 Å². The maximum absolute atomic E-state index is 12.1. The molecule has 5 heteroatoms. The first-order chi connectivity index (χ1) is 10.2. The lowest BCUT2D eigenvalue weighted by atomic mass is 10.0. The molecule has 116 valence electrons. The smallest absolute Gasteiger partial charge is 0.222 e. The lowest BCUT2D eigenvalue weighted by Gasteiger charge is -2.34. The average molecular weight is 291 g/mol. The van der Waals surface area contributed by atoms with Crippen LogP contribution in [-0.2, 0) is 11.3 Å². The summed E-state index contributed by atoms with van der Waals surface area (Å²) in [5.74, 6) is 1.17. The van der Waals surface area contributed by atoms with Gasteiger partial charge in [-0.25, -0.2) is 0 Å². The van der Waals surface area contributed by atoms with Crippen LogP contribution in [0.3, 0.4) is 0 Å². The van der Waals surface area contributed by atoms with Gasteiger partial charge >= 0.3 is 0 Å². The molecular weight excluding hydrogens is 266 g/mol. The van der Waals surface area contributed by atoms with Crippen molar-refractivity contribution in [2.45, 2.75) is 64.6 Å². The first kappa shape index (κ1) is 14.6. The highest BCUT2D eigenvalue weighted by atomic mass is 16.5. The minimum absolute atomic E-state index is 0.307. The van der Waals surface area contributed by atoms with Crippen molar-refractivity contribution in [3.63, 3.8) is 0 Å². The number of likely N-dealkylation sites (tertiary alicyclic amines) is 2. The van der Waals surface area contributed by atoms with E-state index in [1.807, 2.05) is 19.9 Å². The Labute approximate surface area is 126 Å². The molecule has 0 N–H and O–H groups in total. The van der Waals surface area contributed by atoms with Crippen molar-refractivity contribution < 1.29 is 9.32 Å². The van der Waals surface area contributed by atoms with Gasteiger partial charge in [0.2, 0.25) is 5.91 Å². The molecule has 0 saturated carbocycles. The highest BCUT2D eigenvalue weighted by Gasteiger charge is 2.39. The van der Waals surface area contributed by atoms with Crippen molar-refractivity contribution in [3.05, 3.63) is 17.5 Å². The third kappa shape index (κ3) is 2.98. The molecule has 21 heavy (non-hydrogen) atoms. The van der Waals surface area contributed by atoms with E-state index < -0.39 is 0 Å². The molecule has 0 radical (unpaired) electrons. The van der Waals surface area contributed by atoms with Gasteiger partial charge in [0, 0.05) is 37.7 Å². The van der Waals surface area contributed by atoms with E-state index >= 15 is 0 Å². The summed E-state index contributed by atoms with van der Waals surface area (Å²) in [6.07, 6.45) is 5.31. The second kappa shape index (κ2) is 6.18. The number of nitrogens with zero attached hydrogens (tertiary/aromatic N) is 3. The summed E-state index contributed by atoms with van der Waals surface area (Å²) in [5.41, 5.74) is 1.01. The lowest BCUT2D eigenvalue weighted by Crippen LogP contribution is -2.47. The number of amides is 1. The highest BCUT2D eigenvalue weighted by molar-refractivity contribution is 5.76. The minimum Gasteiger partial charge on any atom is -0.361 e. The zero-order valence-electron chi connectivity index (χ0n) is 13.0. The molecular formula is C16H25N3O2. The third-order valence-corrected chi connectivity index (χ3v) is 4.82. The van der Waals surface area contributed by atoms with E-state index in [9.17, 15) is 4.79 Å². The van der Waals surface area contributed by atoms with E-state index in [0.29, 0.717) is 24.4 Å². The maximum atomic E-state index is 12.1. The van der Waals surface area contributed by atoms with Gasteiger partial charge in [-0.05, 0) is 39.2 Å². The number of hydrogen-bond donors (Lipinski definition) is 0. The van der Waals surface area contributed by atoms with E-state index in [1.54, 1.807) is 0 Å². The Kier molecular flexibility index (Phi) is 4.29. The molecule has 0 aliphatic carbocycles. The van der Waals surface area contributed by atoms with Crippen LogP contribution < -0.4 is 0 Å². The van der Waals surface area contributed by atoms with Crippen LogP contribution in [0, 0.1) is 6.92 Å². The molecule has 2 atom stereocenters. The molecule has 2 fully saturated rings. The van der Waals surface area contributed by atoms with E-state index in [4.69, 9.17) is 4.52 Å². The van der Waals surface area contributed by atoms with Gasteiger partial charge in [-0.1, -0.05) is 12.1 Å². The molecule has 5 nitrogen and oxygen atoms in total. The molecule has 3 rings (SSSR count). The second-order valence-corrected chi connectivity index (χ2v) is 6.26. The van der Waals surface area contributed by atoms with Gasteiger partial charge < -0.3 is 9.42 Å². The summed E-state index contributed by atoms with van der Waals surface area (Å²) >= 11 is 0. The molecule has 1 amide bonds. The van der Waals surface area contributed by atoms with Gasteiger partial charge in [0.1, 0.15) is 5.76 Å². The molecule has 3 heterocycles. The summed E-state index contributed by atoms with van der Waals surface area (Å²) in [6, 6.07) is 2.90. The third-order valence-electron chi connectivity index (χ3n) is 4.82. The van der Waals surface area contributed by atoms with Crippen molar-refractivity contribution >= 4 is 5.91 Å². The normalized spacial score (nSPS) is 26.7. The standard InChI is InChI=1S/C16H25N3O2/c1-3-16(20)19-9-5-7-15(19)14-6-4-8-18(14)11-13-10-12(2)21-17-13/h10,14-15H,3-9,11H2,1-2H3/t14-,15+/m0/s1. The van der Waals surface area contributed by atoms with Crippen molar-refractivity contribution in [2.75, 3.05) is 13.1 Å². The van der Waals surface area contributed by atoms with Crippen LogP contribution >= 0.6 is 0 Å². The molecule has 2 aliphatic rings. The molecule has 0 bridgehead atoms. The SMILES string of the molecule is CCC(=O)N1CCC[C@@H]1[C@@H]1CCCN1Cc1cc(C)on1. The zero-order valence-corrected chi connectivity index (χ0v) is 13.0. The van der Waals surface area contributed by atoms with E-state index in [-0.39, 0.29) is 0 Å². The highest BCUT2D eigenvalue weighted by Crippen LogP contribution is 2.31. The second-order valence-electron chi connectivity index (χ2n) is 6.26. The van der Waals surface area contributed by atoms with Crippen LogP contribution in [0.4, 0.5) is 0 Å². The fraction of sp³-hybridized carbons (Fsp3) is 0.750. The number of rotatable bonds is 4. The quantitative estimate of drug-likeness (QED) is 0.854. The average Bonchev–Trinajstić information content (AvgIpc) is 3.18. The number of carbonyl (C=O) groups excluding carboxylic acids is 1. The first-order valence-electron chi connectivity index (χ1n) is 8.14. The Bertz CT molecular complexity index is 499. The Morgan fingerprint density at radius 2 is 2.10 bits per heavy atom. The number of carbonyl (C=O) groups is 1. The Hall–Kier alpha value is -1.36. The molecule has 1 aromatic rings. The van der Waals surface area contributed by atoms with E-state index in [0.717, 1.165) is 43.9 Å². The summed E-state index contributed by atoms with van der Waals surface area (Å²) in [7, 11) is 0. The summed E-state index contributed by atoms with van der Waals surface area (Å²) in [5, 5.41) is 4.11.